The summed E-state index contributed by atoms with van der Waals surface area (Å²) in [6.45, 7) is 3.95. The van der Waals surface area contributed by atoms with Gasteiger partial charge in [0.1, 0.15) is 18.0 Å². The van der Waals surface area contributed by atoms with E-state index in [1.165, 1.54) is 10.4 Å². The van der Waals surface area contributed by atoms with Crippen molar-refractivity contribution in [1.29, 1.82) is 0 Å². The van der Waals surface area contributed by atoms with Crippen molar-refractivity contribution in [3.05, 3.63) is 59.3 Å². The van der Waals surface area contributed by atoms with Crippen LogP contribution in [0.4, 0.5) is 5.69 Å². The highest BCUT2D eigenvalue weighted by Crippen LogP contribution is 2.48. The predicted octanol–water partition coefficient (Wildman–Crippen LogP) is 1.46. The molecule has 1 aliphatic heterocycles. The van der Waals surface area contributed by atoms with E-state index >= 15 is 0 Å². The largest absolute Gasteiger partial charge is 1.00 e. The number of aliphatic hydroxyl groups is 1. The van der Waals surface area contributed by atoms with Crippen LogP contribution in [0, 0.1) is 0 Å². The Labute approximate surface area is 204 Å². The molecule has 1 N–H and O–H groups in total. The van der Waals surface area contributed by atoms with Crippen LogP contribution in [0.2, 0.25) is 0 Å². The average Bonchev–Trinajstić information content (AvgIpc) is 3.12. The lowest BCUT2D eigenvalue weighted by atomic mass is 10.1. The Morgan fingerprint density at radius 3 is 2.48 bits per heavy atom. The number of pyridine rings is 1. The van der Waals surface area contributed by atoms with Gasteiger partial charge in [-0.25, -0.2) is 0 Å². The van der Waals surface area contributed by atoms with E-state index in [-0.39, 0.29) is 30.6 Å². The van der Waals surface area contributed by atoms with Gasteiger partial charge in [-0.3, -0.25) is 0 Å². The van der Waals surface area contributed by atoms with Crippen LogP contribution in [0.5, 0.6) is 11.5 Å². The van der Waals surface area contributed by atoms with Crippen LogP contribution in [0.3, 0.4) is 0 Å². The minimum Gasteiger partial charge on any atom is -1.00 e. The molecule has 1 aromatic heterocycles. The second-order valence-corrected chi connectivity index (χ2v) is 8.14. The molecule has 0 spiro atoms. The predicted molar refractivity (Wildman–Crippen MR) is 122 cm³/mol. The van der Waals surface area contributed by atoms with Crippen molar-refractivity contribution in [3.63, 3.8) is 0 Å². The molecule has 0 saturated carbocycles. The molecule has 0 bridgehead atoms. The summed E-state index contributed by atoms with van der Waals surface area (Å²) in [5.41, 5.74) is 3.45. The molecule has 0 fully saturated rings. The summed E-state index contributed by atoms with van der Waals surface area (Å²) >= 11 is 1.76. The van der Waals surface area contributed by atoms with Crippen LogP contribution in [0.15, 0.2) is 58.5 Å². The molecule has 0 amide bonds. The lowest BCUT2D eigenvalue weighted by molar-refractivity contribution is -0.669. The zero-order valence-corrected chi connectivity index (χ0v) is 20.9. The number of aryl methyl sites for hydroxylation is 1. The van der Waals surface area contributed by atoms with Gasteiger partial charge in [-0.05, 0) is 43.7 Å². The van der Waals surface area contributed by atoms with Gasteiger partial charge in [0.25, 0.3) is 0 Å². The highest BCUT2D eigenvalue weighted by atomic mass is 127. The second kappa shape index (κ2) is 10.6. The molecule has 2 heterocycles. The topological polar surface area (TPSA) is 45.8 Å². The molecular formula is C24H27IN2O3S. The Balaban J connectivity index is 0.00000272. The number of thioether (sulfide) groups is 1. The number of anilines is 1. The molecule has 3 aromatic rings. The molecule has 0 atom stereocenters. The minimum atomic E-state index is 0. The quantitative estimate of drug-likeness (QED) is 0.357. The molecule has 0 saturated heterocycles. The number of fused-ring (bicyclic) bond motifs is 2. The summed E-state index contributed by atoms with van der Waals surface area (Å²) in [6, 6.07) is 16.7. The van der Waals surface area contributed by atoms with E-state index in [1.807, 2.05) is 12.1 Å². The number of hydrogen-bond acceptors (Lipinski definition) is 5. The molecule has 5 nitrogen and oxygen atoms in total. The van der Waals surface area contributed by atoms with Gasteiger partial charge in [-0.2, -0.15) is 4.57 Å². The lowest BCUT2D eigenvalue weighted by Gasteiger charge is -2.20. The van der Waals surface area contributed by atoms with E-state index < -0.39 is 0 Å². The van der Waals surface area contributed by atoms with Crippen molar-refractivity contribution in [2.45, 2.75) is 24.8 Å². The van der Waals surface area contributed by atoms with E-state index in [0.717, 1.165) is 46.4 Å². The van der Waals surface area contributed by atoms with Crippen molar-refractivity contribution < 1.29 is 43.1 Å². The first-order chi connectivity index (χ1) is 14.7. The van der Waals surface area contributed by atoms with Gasteiger partial charge < -0.3 is 43.5 Å². The summed E-state index contributed by atoms with van der Waals surface area (Å²) in [7, 11) is 3.38. The Morgan fingerprint density at radius 2 is 1.77 bits per heavy atom. The van der Waals surface area contributed by atoms with Crippen molar-refractivity contribution in [2.75, 3.05) is 32.3 Å². The van der Waals surface area contributed by atoms with Gasteiger partial charge in [0.05, 0.1) is 30.3 Å². The highest BCUT2D eigenvalue weighted by Gasteiger charge is 2.27. The maximum atomic E-state index is 9.40. The van der Waals surface area contributed by atoms with Gasteiger partial charge >= 0.3 is 0 Å². The minimum absolute atomic E-state index is 0. The standard InChI is InChI=1S/C24H27N2O3S.HI/c1-4-25-18(7-6-17-14-19(28-2)8-10-21(17)25)15-24-26(12-5-13-27)22-16-20(29-3)9-11-23(22)30-24;/h6-11,14-16,27H,4-5,12-13H2,1-3H3;1H/q+1;/p-1. The fourth-order valence-corrected chi connectivity index (χ4v) is 4.94. The number of methoxy groups -OCH3 is 2. The number of hydrogen-bond donors (Lipinski definition) is 1. The highest BCUT2D eigenvalue weighted by molar-refractivity contribution is 8.03. The third-order valence-corrected chi connectivity index (χ3v) is 6.45. The van der Waals surface area contributed by atoms with Crippen LogP contribution < -0.4 is 42.9 Å². The second-order valence-electron chi connectivity index (χ2n) is 7.07. The number of halogens is 1. The third-order valence-electron chi connectivity index (χ3n) is 5.34. The Kier molecular flexibility index (Phi) is 8.07. The fourth-order valence-electron chi connectivity index (χ4n) is 3.82. The van der Waals surface area contributed by atoms with Gasteiger partial charge in [-0.1, -0.05) is 11.8 Å². The molecule has 164 valence electrons. The van der Waals surface area contributed by atoms with Crippen LogP contribution in [-0.4, -0.2) is 32.5 Å². The lowest BCUT2D eigenvalue weighted by Crippen LogP contribution is -3.00. The molecule has 2 aromatic carbocycles. The van der Waals surface area contributed by atoms with E-state index in [4.69, 9.17) is 9.47 Å². The molecule has 7 heteroatoms. The molecule has 4 rings (SSSR count). The smallest absolute Gasteiger partial charge is 0.213 e. The van der Waals surface area contributed by atoms with Gasteiger partial charge in [0, 0.05) is 42.3 Å². The number of aliphatic hydroxyl groups excluding tert-OH is 1. The van der Waals surface area contributed by atoms with Crippen LogP contribution in [0.25, 0.3) is 17.0 Å². The number of aromatic nitrogens is 1. The first-order valence-electron chi connectivity index (χ1n) is 10.1. The van der Waals surface area contributed by atoms with Crippen LogP contribution in [-0.2, 0) is 6.54 Å². The SMILES string of the molecule is CC[n+]1c(C=C2Sc3ccc(OC)cc3N2CCCO)ccc2cc(OC)ccc21.[I-]. The zero-order valence-electron chi connectivity index (χ0n) is 18.0. The first-order valence-corrected chi connectivity index (χ1v) is 11.0. The van der Waals surface area contributed by atoms with Crippen molar-refractivity contribution in [2.24, 2.45) is 0 Å². The Bertz CT molecular complexity index is 1100. The molecular weight excluding hydrogens is 523 g/mol. The summed E-state index contributed by atoms with van der Waals surface area (Å²) in [6.07, 6.45) is 2.95. The van der Waals surface area contributed by atoms with Gasteiger partial charge in [0.2, 0.25) is 11.2 Å². The summed E-state index contributed by atoms with van der Waals surface area (Å²) in [4.78, 5) is 3.48. The zero-order chi connectivity index (χ0) is 21.1. The number of benzene rings is 2. The Morgan fingerprint density at radius 1 is 1.03 bits per heavy atom. The summed E-state index contributed by atoms with van der Waals surface area (Å²) in [5.74, 6) is 1.70. The molecule has 0 radical (unpaired) electrons. The molecule has 1 aliphatic rings. The van der Waals surface area contributed by atoms with E-state index in [9.17, 15) is 5.11 Å². The summed E-state index contributed by atoms with van der Waals surface area (Å²) in [5, 5.41) is 11.7. The molecule has 0 unspecified atom stereocenters. The monoisotopic (exact) mass is 550 g/mol. The maximum Gasteiger partial charge on any atom is 0.213 e. The Hall–Kier alpha value is -1.97. The first kappa shape index (κ1) is 23.7. The third kappa shape index (κ3) is 4.78. The number of nitrogens with zero attached hydrogens (tertiary/aromatic N) is 2. The average molecular weight is 550 g/mol. The van der Waals surface area contributed by atoms with Crippen LogP contribution in [0.1, 0.15) is 19.0 Å². The summed E-state index contributed by atoms with van der Waals surface area (Å²) < 4.78 is 13.1. The van der Waals surface area contributed by atoms with Crippen LogP contribution >= 0.6 is 11.8 Å². The number of ether oxygens (including phenoxy) is 2. The van der Waals surface area contributed by atoms with Gasteiger partial charge in [0.15, 0.2) is 0 Å². The number of rotatable bonds is 7. The van der Waals surface area contributed by atoms with E-state index in [0.29, 0.717) is 6.42 Å². The van der Waals surface area contributed by atoms with Crippen molar-refractivity contribution >= 4 is 34.4 Å². The maximum absolute atomic E-state index is 9.40. The van der Waals surface area contributed by atoms with Crippen molar-refractivity contribution in [3.8, 4) is 11.5 Å². The molecule has 31 heavy (non-hydrogen) atoms. The van der Waals surface area contributed by atoms with E-state index in [1.54, 1.807) is 26.0 Å². The molecule has 0 aliphatic carbocycles. The van der Waals surface area contributed by atoms with E-state index in [2.05, 4.69) is 58.9 Å². The van der Waals surface area contributed by atoms with Crippen molar-refractivity contribution in [1.82, 2.24) is 0 Å². The normalized spacial score (nSPS) is 13.9. The van der Waals surface area contributed by atoms with Gasteiger partial charge in [-0.15, -0.1) is 0 Å². The fraction of sp³-hybridized carbons (Fsp3) is 0.292.